The van der Waals surface area contributed by atoms with E-state index in [1.54, 1.807) is 7.11 Å². The molecule has 0 radical (unpaired) electrons. The van der Waals surface area contributed by atoms with Gasteiger partial charge in [0.15, 0.2) is 0 Å². The lowest BCUT2D eigenvalue weighted by Gasteiger charge is -2.23. The third-order valence-electron chi connectivity index (χ3n) is 1.98. The first-order valence-corrected chi connectivity index (χ1v) is 5.87. The number of nitrogens with zero attached hydrogens (tertiary/aromatic N) is 2. The van der Waals surface area contributed by atoms with Gasteiger partial charge in [-0.15, -0.1) is 0 Å². The zero-order chi connectivity index (χ0) is 11.3. The number of hydrogen-bond donors (Lipinski definition) is 1. The Hall–Kier alpha value is -0.810. The van der Waals surface area contributed by atoms with Crippen LogP contribution in [0.1, 0.15) is 13.8 Å². The number of rotatable bonds is 6. The van der Waals surface area contributed by atoms with Crippen molar-refractivity contribution in [1.82, 2.24) is 4.37 Å². The molecule has 4 nitrogen and oxygen atoms in total. The molecule has 1 heterocycles. The van der Waals surface area contributed by atoms with E-state index in [0.29, 0.717) is 11.7 Å². The monoisotopic (exact) mass is 229 g/mol. The summed E-state index contributed by atoms with van der Waals surface area (Å²) in [7, 11) is 1.72. The topological polar surface area (TPSA) is 51.4 Å². The summed E-state index contributed by atoms with van der Waals surface area (Å²) in [6, 6.07) is 1.92. The molecule has 0 aliphatic heterocycles. The normalized spacial score (nSPS) is 10.9. The van der Waals surface area contributed by atoms with Gasteiger partial charge < -0.3 is 15.4 Å². The molecule has 1 rings (SSSR count). The zero-order valence-electron chi connectivity index (χ0n) is 9.56. The van der Waals surface area contributed by atoms with Crippen LogP contribution in [-0.4, -0.2) is 31.2 Å². The third-order valence-corrected chi connectivity index (χ3v) is 2.84. The summed E-state index contributed by atoms with van der Waals surface area (Å²) in [4.78, 5) is 2.27. The summed E-state index contributed by atoms with van der Waals surface area (Å²) in [6.07, 6.45) is 0. The molecule has 86 valence electrons. The summed E-state index contributed by atoms with van der Waals surface area (Å²) < 4.78 is 9.18. The van der Waals surface area contributed by atoms with Crippen molar-refractivity contribution in [3.8, 4) is 0 Å². The van der Waals surface area contributed by atoms with Crippen molar-refractivity contribution in [2.24, 2.45) is 5.92 Å². The van der Waals surface area contributed by atoms with E-state index in [-0.39, 0.29) is 0 Å². The first-order valence-electron chi connectivity index (χ1n) is 5.09. The summed E-state index contributed by atoms with van der Waals surface area (Å²) in [6.45, 7) is 7.01. The van der Waals surface area contributed by atoms with Gasteiger partial charge in [-0.25, -0.2) is 0 Å². The Morgan fingerprint density at radius 2 is 2.33 bits per heavy atom. The van der Waals surface area contributed by atoms with Crippen LogP contribution >= 0.6 is 11.5 Å². The second kappa shape index (κ2) is 5.92. The number of nitrogen functional groups attached to an aromatic ring is 1. The van der Waals surface area contributed by atoms with E-state index < -0.39 is 0 Å². The predicted molar refractivity (Wildman–Crippen MR) is 65.5 cm³/mol. The lowest BCUT2D eigenvalue weighted by molar-refractivity contribution is 0.204. The summed E-state index contributed by atoms with van der Waals surface area (Å²) in [5.41, 5.74) is 5.62. The van der Waals surface area contributed by atoms with Crippen LogP contribution in [0, 0.1) is 5.92 Å². The largest absolute Gasteiger partial charge is 0.383 e. The van der Waals surface area contributed by atoms with E-state index in [4.69, 9.17) is 10.5 Å². The van der Waals surface area contributed by atoms with Crippen LogP contribution in [0.5, 0.6) is 0 Å². The highest BCUT2D eigenvalue weighted by atomic mass is 32.1. The Kier molecular flexibility index (Phi) is 4.84. The smallest absolute Gasteiger partial charge is 0.139 e. The van der Waals surface area contributed by atoms with E-state index in [9.17, 15) is 0 Å². The lowest BCUT2D eigenvalue weighted by Crippen LogP contribution is -2.30. The first kappa shape index (κ1) is 12.3. The molecule has 0 saturated heterocycles. The van der Waals surface area contributed by atoms with E-state index in [0.717, 1.165) is 24.7 Å². The average molecular weight is 229 g/mol. The molecule has 0 aliphatic rings. The van der Waals surface area contributed by atoms with E-state index in [2.05, 4.69) is 23.1 Å². The van der Waals surface area contributed by atoms with Crippen molar-refractivity contribution in [2.75, 3.05) is 37.4 Å². The molecule has 0 amide bonds. The number of aromatic nitrogens is 1. The Labute approximate surface area is 95.2 Å². The van der Waals surface area contributed by atoms with Gasteiger partial charge in [0.25, 0.3) is 0 Å². The number of nitrogens with two attached hydrogens (primary N) is 1. The van der Waals surface area contributed by atoms with Crippen LogP contribution in [0.25, 0.3) is 0 Å². The van der Waals surface area contributed by atoms with Gasteiger partial charge in [0.1, 0.15) is 10.8 Å². The van der Waals surface area contributed by atoms with Crippen molar-refractivity contribution in [3.05, 3.63) is 6.07 Å². The molecule has 1 aromatic heterocycles. The maximum absolute atomic E-state index is 5.62. The van der Waals surface area contributed by atoms with Gasteiger partial charge in [-0.2, -0.15) is 4.37 Å². The van der Waals surface area contributed by atoms with Gasteiger partial charge in [0, 0.05) is 26.3 Å². The molecule has 0 atom stereocenters. The SMILES string of the molecule is COCCN(CC(C)C)c1cc(N)ns1. The maximum Gasteiger partial charge on any atom is 0.139 e. The van der Waals surface area contributed by atoms with Crippen molar-refractivity contribution in [2.45, 2.75) is 13.8 Å². The van der Waals surface area contributed by atoms with Crippen LogP contribution in [0.15, 0.2) is 6.07 Å². The molecule has 15 heavy (non-hydrogen) atoms. The highest BCUT2D eigenvalue weighted by molar-refractivity contribution is 7.10. The fourth-order valence-electron chi connectivity index (χ4n) is 1.36. The maximum atomic E-state index is 5.62. The molecule has 5 heteroatoms. The molecule has 0 aliphatic carbocycles. The first-order chi connectivity index (χ1) is 7.13. The molecule has 0 aromatic carbocycles. The highest BCUT2D eigenvalue weighted by Crippen LogP contribution is 2.23. The number of anilines is 2. The Bertz CT molecular complexity index is 288. The Balaban J connectivity index is 2.62. The van der Waals surface area contributed by atoms with Gasteiger partial charge in [0.05, 0.1) is 6.61 Å². The zero-order valence-corrected chi connectivity index (χ0v) is 10.4. The molecule has 2 N–H and O–H groups in total. The predicted octanol–water partition coefficient (Wildman–Crippen LogP) is 1.83. The molecule has 0 unspecified atom stereocenters. The summed E-state index contributed by atoms with van der Waals surface area (Å²) in [5.74, 6) is 1.21. The fourth-order valence-corrected chi connectivity index (χ4v) is 2.07. The Morgan fingerprint density at radius 3 is 2.80 bits per heavy atom. The number of methoxy groups -OCH3 is 1. The van der Waals surface area contributed by atoms with E-state index >= 15 is 0 Å². The van der Waals surface area contributed by atoms with Gasteiger partial charge in [-0.1, -0.05) is 13.8 Å². The van der Waals surface area contributed by atoms with Crippen LogP contribution < -0.4 is 10.6 Å². The molecule has 0 spiro atoms. The minimum atomic E-state index is 0.598. The summed E-state index contributed by atoms with van der Waals surface area (Å²) in [5, 5.41) is 1.12. The molecular formula is C10H19N3OS. The molecule has 0 saturated carbocycles. The number of hydrogen-bond acceptors (Lipinski definition) is 5. The van der Waals surface area contributed by atoms with Gasteiger partial charge in [0.2, 0.25) is 0 Å². The van der Waals surface area contributed by atoms with Crippen LogP contribution in [0.2, 0.25) is 0 Å². The molecule has 1 aromatic rings. The average Bonchev–Trinajstić information content (AvgIpc) is 2.58. The molecule has 0 bridgehead atoms. The standard InChI is InChI=1S/C10H19N3OS/c1-8(2)7-13(4-5-14-3)10-6-9(11)12-15-10/h6,8H,4-5,7H2,1-3H3,(H2,11,12). The van der Waals surface area contributed by atoms with Crippen molar-refractivity contribution < 1.29 is 4.74 Å². The lowest BCUT2D eigenvalue weighted by atomic mass is 10.2. The van der Waals surface area contributed by atoms with Crippen LogP contribution in [-0.2, 0) is 4.74 Å². The molecular weight excluding hydrogens is 210 g/mol. The third kappa shape index (κ3) is 4.05. The highest BCUT2D eigenvalue weighted by Gasteiger charge is 2.11. The van der Waals surface area contributed by atoms with Crippen LogP contribution in [0.3, 0.4) is 0 Å². The van der Waals surface area contributed by atoms with Gasteiger partial charge >= 0.3 is 0 Å². The second-order valence-electron chi connectivity index (χ2n) is 3.92. The quantitative estimate of drug-likeness (QED) is 0.808. The van der Waals surface area contributed by atoms with Gasteiger partial charge in [-0.05, 0) is 17.5 Å². The Morgan fingerprint density at radius 1 is 1.60 bits per heavy atom. The minimum absolute atomic E-state index is 0.598. The number of ether oxygens (including phenoxy) is 1. The van der Waals surface area contributed by atoms with Crippen molar-refractivity contribution in [1.29, 1.82) is 0 Å². The van der Waals surface area contributed by atoms with Gasteiger partial charge in [-0.3, -0.25) is 0 Å². The fraction of sp³-hybridized carbons (Fsp3) is 0.700. The molecule has 0 fully saturated rings. The van der Waals surface area contributed by atoms with Crippen molar-refractivity contribution in [3.63, 3.8) is 0 Å². The van der Waals surface area contributed by atoms with E-state index in [1.165, 1.54) is 11.5 Å². The van der Waals surface area contributed by atoms with E-state index in [1.807, 2.05) is 6.07 Å². The second-order valence-corrected chi connectivity index (χ2v) is 4.71. The minimum Gasteiger partial charge on any atom is -0.383 e. The van der Waals surface area contributed by atoms with Crippen molar-refractivity contribution >= 4 is 22.4 Å². The summed E-state index contributed by atoms with van der Waals surface area (Å²) >= 11 is 1.45. The van der Waals surface area contributed by atoms with Crippen LogP contribution in [0.4, 0.5) is 10.8 Å².